The molecule has 0 aromatic heterocycles. The number of benzene rings is 1. The van der Waals surface area contributed by atoms with Crippen LogP contribution in [0.2, 0.25) is 5.02 Å². The molecule has 2 N–H and O–H groups in total. The zero-order valence-corrected chi connectivity index (χ0v) is 11.2. The Morgan fingerprint density at radius 3 is 2.89 bits per heavy atom. The monoisotopic (exact) mass is 287 g/mol. The van der Waals surface area contributed by atoms with Gasteiger partial charge in [0.05, 0.1) is 17.3 Å². The minimum Gasteiger partial charge on any atom is -0.388 e. The number of hydrogen-bond donors (Lipinski definition) is 2. The van der Waals surface area contributed by atoms with Crippen molar-refractivity contribution in [3.8, 4) is 0 Å². The van der Waals surface area contributed by atoms with E-state index in [0.29, 0.717) is 0 Å². The van der Waals surface area contributed by atoms with Crippen molar-refractivity contribution >= 4 is 17.5 Å². The van der Waals surface area contributed by atoms with Crippen molar-refractivity contribution in [1.29, 1.82) is 0 Å². The summed E-state index contributed by atoms with van der Waals surface area (Å²) in [7, 11) is 0. The molecule has 1 aromatic carbocycles. The molecule has 1 fully saturated rings. The molecule has 1 amide bonds. The van der Waals surface area contributed by atoms with E-state index in [1.807, 2.05) is 0 Å². The van der Waals surface area contributed by atoms with Crippen LogP contribution in [0.3, 0.4) is 0 Å². The van der Waals surface area contributed by atoms with Crippen LogP contribution in [0, 0.1) is 5.82 Å². The van der Waals surface area contributed by atoms with Crippen molar-refractivity contribution in [2.45, 2.75) is 25.0 Å². The van der Waals surface area contributed by atoms with Crippen molar-refractivity contribution < 1.29 is 19.4 Å². The lowest BCUT2D eigenvalue weighted by molar-refractivity contribution is -0.0999. The average molecular weight is 288 g/mol. The summed E-state index contributed by atoms with van der Waals surface area (Å²) in [4.78, 5) is 13.5. The van der Waals surface area contributed by atoms with Gasteiger partial charge in [0.15, 0.2) is 0 Å². The molecule has 0 aliphatic carbocycles. The van der Waals surface area contributed by atoms with E-state index in [1.165, 1.54) is 24.0 Å². The molecule has 0 spiro atoms. The standard InChI is InChI=1S/C13H15ClFNO3/c1-13(19)4-5-16(7-11(13)17)12(18)9-6-8(14)2-3-10(9)15/h2-3,6,11,17,19H,4-5,7H2,1H3/t11-,13-/m0/s1. The molecule has 6 heteroatoms. The van der Waals surface area contributed by atoms with Crippen LogP contribution in [-0.4, -0.2) is 45.8 Å². The first-order valence-corrected chi connectivity index (χ1v) is 6.34. The normalized spacial score (nSPS) is 27.4. The van der Waals surface area contributed by atoms with Gasteiger partial charge in [-0.3, -0.25) is 4.79 Å². The third kappa shape index (κ3) is 2.88. The lowest BCUT2D eigenvalue weighted by Crippen LogP contribution is -2.55. The van der Waals surface area contributed by atoms with Gasteiger partial charge in [-0.1, -0.05) is 11.6 Å². The van der Waals surface area contributed by atoms with Gasteiger partial charge in [0.2, 0.25) is 0 Å². The molecule has 1 aliphatic heterocycles. The highest BCUT2D eigenvalue weighted by Gasteiger charge is 2.38. The van der Waals surface area contributed by atoms with E-state index in [0.717, 1.165) is 6.07 Å². The van der Waals surface area contributed by atoms with Crippen LogP contribution in [0.25, 0.3) is 0 Å². The second-order valence-electron chi connectivity index (χ2n) is 5.00. The first-order valence-electron chi connectivity index (χ1n) is 5.96. The summed E-state index contributed by atoms with van der Waals surface area (Å²) in [5.74, 6) is -1.18. The van der Waals surface area contributed by atoms with E-state index >= 15 is 0 Å². The Balaban J connectivity index is 2.19. The Hall–Kier alpha value is -1.17. The topological polar surface area (TPSA) is 60.8 Å². The van der Waals surface area contributed by atoms with E-state index in [4.69, 9.17) is 11.6 Å². The van der Waals surface area contributed by atoms with Gasteiger partial charge in [-0.25, -0.2) is 4.39 Å². The molecule has 0 radical (unpaired) electrons. The highest BCUT2D eigenvalue weighted by Crippen LogP contribution is 2.24. The summed E-state index contributed by atoms with van der Waals surface area (Å²) in [6.45, 7) is 1.74. The Kier molecular flexibility index (Phi) is 3.80. The molecule has 4 nitrogen and oxygen atoms in total. The number of amides is 1. The van der Waals surface area contributed by atoms with Gasteiger partial charge in [-0.2, -0.15) is 0 Å². The van der Waals surface area contributed by atoms with Gasteiger partial charge >= 0.3 is 0 Å². The van der Waals surface area contributed by atoms with Crippen LogP contribution in [0.4, 0.5) is 4.39 Å². The molecular formula is C13H15ClFNO3. The highest BCUT2D eigenvalue weighted by atomic mass is 35.5. The maximum Gasteiger partial charge on any atom is 0.256 e. The van der Waals surface area contributed by atoms with Crippen molar-refractivity contribution in [3.05, 3.63) is 34.6 Å². The molecule has 1 saturated heterocycles. The third-order valence-electron chi connectivity index (χ3n) is 3.45. The van der Waals surface area contributed by atoms with Gasteiger partial charge in [-0.15, -0.1) is 0 Å². The van der Waals surface area contributed by atoms with Gasteiger partial charge < -0.3 is 15.1 Å². The fourth-order valence-corrected chi connectivity index (χ4v) is 2.21. The third-order valence-corrected chi connectivity index (χ3v) is 3.68. The molecule has 0 unspecified atom stereocenters. The van der Waals surface area contributed by atoms with Crippen LogP contribution < -0.4 is 0 Å². The van der Waals surface area contributed by atoms with Crippen molar-refractivity contribution in [1.82, 2.24) is 4.90 Å². The molecule has 0 saturated carbocycles. The number of piperidine rings is 1. The number of carbonyl (C=O) groups excluding carboxylic acids is 1. The Morgan fingerprint density at radius 2 is 2.26 bits per heavy atom. The summed E-state index contributed by atoms with van der Waals surface area (Å²) in [5.41, 5.74) is -1.34. The van der Waals surface area contributed by atoms with E-state index < -0.39 is 23.4 Å². The number of nitrogens with zero attached hydrogens (tertiary/aromatic N) is 1. The fourth-order valence-electron chi connectivity index (χ4n) is 2.04. The number of β-amino-alcohol motifs (C(OH)–C–C–N with tert-alkyl or cyclic N) is 1. The van der Waals surface area contributed by atoms with Crippen molar-refractivity contribution in [2.75, 3.05) is 13.1 Å². The number of hydrogen-bond acceptors (Lipinski definition) is 3. The van der Waals surface area contributed by atoms with Crippen LogP contribution in [0.15, 0.2) is 18.2 Å². The Morgan fingerprint density at radius 1 is 1.58 bits per heavy atom. The Labute approximate surface area is 115 Å². The first-order chi connectivity index (χ1) is 8.81. The van der Waals surface area contributed by atoms with Gasteiger partial charge in [-0.05, 0) is 31.5 Å². The molecule has 2 atom stereocenters. The van der Waals surface area contributed by atoms with E-state index in [1.54, 1.807) is 0 Å². The van der Waals surface area contributed by atoms with Crippen molar-refractivity contribution in [3.63, 3.8) is 0 Å². The molecule has 104 valence electrons. The molecule has 1 heterocycles. The van der Waals surface area contributed by atoms with Crippen LogP contribution in [0.5, 0.6) is 0 Å². The SMILES string of the molecule is C[C@]1(O)CCN(C(=O)c2cc(Cl)ccc2F)C[C@@H]1O. The minimum absolute atomic E-state index is 0.0300. The lowest BCUT2D eigenvalue weighted by atomic mass is 9.90. The molecule has 19 heavy (non-hydrogen) atoms. The maximum atomic E-state index is 13.6. The first kappa shape index (κ1) is 14.2. The predicted molar refractivity (Wildman–Crippen MR) is 68.6 cm³/mol. The maximum absolute atomic E-state index is 13.6. The van der Waals surface area contributed by atoms with E-state index in [9.17, 15) is 19.4 Å². The second kappa shape index (κ2) is 5.07. The highest BCUT2D eigenvalue weighted by molar-refractivity contribution is 6.31. The number of carbonyl (C=O) groups is 1. The van der Waals surface area contributed by atoms with Gasteiger partial charge in [0.1, 0.15) is 5.82 Å². The summed E-state index contributed by atoms with van der Waals surface area (Å²) in [5, 5.41) is 19.9. The molecule has 2 rings (SSSR count). The Bertz CT molecular complexity index is 507. The fraction of sp³-hybridized carbons (Fsp3) is 0.462. The number of likely N-dealkylation sites (tertiary alicyclic amines) is 1. The smallest absolute Gasteiger partial charge is 0.256 e. The van der Waals surface area contributed by atoms with E-state index in [2.05, 4.69) is 0 Å². The number of aliphatic hydroxyl groups is 2. The minimum atomic E-state index is -1.22. The summed E-state index contributed by atoms with van der Waals surface area (Å²) >= 11 is 5.75. The van der Waals surface area contributed by atoms with Crippen LogP contribution in [0.1, 0.15) is 23.7 Å². The zero-order valence-electron chi connectivity index (χ0n) is 10.4. The van der Waals surface area contributed by atoms with Crippen LogP contribution >= 0.6 is 11.6 Å². The van der Waals surface area contributed by atoms with Crippen molar-refractivity contribution in [2.24, 2.45) is 0 Å². The summed E-state index contributed by atoms with van der Waals surface area (Å²) in [6.07, 6.45) is -0.810. The zero-order chi connectivity index (χ0) is 14.2. The van der Waals surface area contributed by atoms with Gasteiger partial charge in [0.25, 0.3) is 5.91 Å². The second-order valence-corrected chi connectivity index (χ2v) is 5.43. The number of halogens is 2. The largest absolute Gasteiger partial charge is 0.388 e. The molecule has 1 aliphatic rings. The van der Waals surface area contributed by atoms with E-state index in [-0.39, 0.29) is 30.1 Å². The summed E-state index contributed by atoms with van der Waals surface area (Å²) < 4.78 is 13.6. The van der Waals surface area contributed by atoms with Gasteiger partial charge in [0, 0.05) is 18.1 Å². The number of aliphatic hydroxyl groups excluding tert-OH is 1. The molecular weight excluding hydrogens is 273 g/mol. The lowest BCUT2D eigenvalue weighted by Gasteiger charge is -2.39. The predicted octanol–water partition coefficient (Wildman–Crippen LogP) is 1.44. The molecule has 1 aromatic rings. The summed E-state index contributed by atoms with van der Waals surface area (Å²) in [6, 6.07) is 3.76. The number of rotatable bonds is 1. The average Bonchev–Trinajstić information content (AvgIpc) is 2.35. The quantitative estimate of drug-likeness (QED) is 0.822. The van der Waals surface area contributed by atoms with Crippen LogP contribution in [-0.2, 0) is 0 Å². The molecule has 0 bridgehead atoms.